The maximum absolute atomic E-state index is 13.8. The van der Waals surface area contributed by atoms with Gasteiger partial charge in [0.15, 0.2) is 0 Å². The van der Waals surface area contributed by atoms with Crippen LogP contribution in [0.3, 0.4) is 0 Å². The van der Waals surface area contributed by atoms with Gasteiger partial charge >= 0.3 is 0 Å². The maximum atomic E-state index is 13.8. The van der Waals surface area contributed by atoms with Crippen molar-refractivity contribution in [3.8, 4) is 5.75 Å². The predicted molar refractivity (Wildman–Crippen MR) is 165 cm³/mol. The fourth-order valence-electron chi connectivity index (χ4n) is 4.51. The number of carbonyl (C=O) groups is 3. The molecule has 2 atom stereocenters. The largest absolute Gasteiger partial charge is 0.494 e. The standard InChI is InChI=1S/C34H37N5O4/c1-2-43-29-16-14-25(15-17-29)20-31(38-32(40)28-9-6-18-36-23-28)34(42)39-30(19-24-7-4-3-5-8-24)33(41)37-22-27-12-10-26(21-35)11-13-27/h3-18,23,30-31H,2,19-22,35H2,1H3,(H,37,41)(H,38,40)(H,39,42). The summed E-state index contributed by atoms with van der Waals surface area (Å²) in [5, 5.41) is 8.68. The van der Waals surface area contributed by atoms with E-state index in [-0.39, 0.29) is 25.3 Å². The lowest BCUT2D eigenvalue weighted by Gasteiger charge is -2.24. The lowest BCUT2D eigenvalue weighted by Crippen LogP contribution is -2.55. The van der Waals surface area contributed by atoms with Crippen molar-refractivity contribution in [3.05, 3.63) is 131 Å². The Morgan fingerprint density at radius 1 is 0.744 bits per heavy atom. The van der Waals surface area contributed by atoms with Crippen LogP contribution in [-0.4, -0.2) is 41.4 Å². The van der Waals surface area contributed by atoms with Crippen LogP contribution in [-0.2, 0) is 35.5 Å². The van der Waals surface area contributed by atoms with Crippen LogP contribution in [0.15, 0.2) is 103 Å². The molecule has 4 aromatic rings. The van der Waals surface area contributed by atoms with Crippen LogP contribution in [0.2, 0.25) is 0 Å². The van der Waals surface area contributed by atoms with Gasteiger partial charge in [-0.05, 0) is 53.4 Å². The summed E-state index contributed by atoms with van der Waals surface area (Å²) in [6.07, 6.45) is 3.49. The second-order valence-corrected chi connectivity index (χ2v) is 10.0. The van der Waals surface area contributed by atoms with E-state index in [0.717, 1.165) is 22.3 Å². The van der Waals surface area contributed by atoms with Gasteiger partial charge in [0.05, 0.1) is 12.2 Å². The van der Waals surface area contributed by atoms with Gasteiger partial charge in [-0.15, -0.1) is 0 Å². The minimum Gasteiger partial charge on any atom is -0.494 e. The van der Waals surface area contributed by atoms with Crippen LogP contribution >= 0.6 is 0 Å². The first-order valence-electron chi connectivity index (χ1n) is 14.3. The third kappa shape index (κ3) is 9.51. The number of nitrogens with two attached hydrogens (primary N) is 1. The summed E-state index contributed by atoms with van der Waals surface area (Å²) in [5.41, 5.74) is 9.63. The molecule has 0 saturated carbocycles. The third-order valence-electron chi connectivity index (χ3n) is 6.86. The molecule has 9 nitrogen and oxygen atoms in total. The fraction of sp³-hybridized carbons (Fsp3) is 0.235. The van der Waals surface area contributed by atoms with Crippen LogP contribution < -0.4 is 26.4 Å². The molecule has 222 valence electrons. The molecule has 1 heterocycles. The average molecular weight is 580 g/mol. The van der Waals surface area contributed by atoms with Crippen LogP contribution in [0.5, 0.6) is 5.75 Å². The number of carbonyl (C=O) groups excluding carboxylic acids is 3. The predicted octanol–water partition coefficient (Wildman–Crippen LogP) is 3.32. The minimum atomic E-state index is -0.958. The summed E-state index contributed by atoms with van der Waals surface area (Å²) in [7, 11) is 0. The number of hydrogen-bond acceptors (Lipinski definition) is 6. The molecular formula is C34H37N5O4. The molecule has 2 unspecified atom stereocenters. The van der Waals surface area contributed by atoms with Gasteiger partial charge in [-0.25, -0.2) is 0 Å². The maximum Gasteiger partial charge on any atom is 0.253 e. The average Bonchev–Trinajstić information content (AvgIpc) is 3.05. The molecule has 5 N–H and O–H groups in total. The Hall–Kier alpha value is -5.02. The van der Waals surface area contributed by atoms with E-state index in [1.807, 2.05) is 85.8 Å². The van der Waals surface area contributed by atoms with Crippen LogP contribution in [0, 0.1) is 0 Å². The highest BCUT2D eigenvalue weighted by atomic mass is 16.5. The normalized spacial score (nSPS) is 12.0. The van der Waals surface area contributed by atoms with E-state index in [0.29, 0.717) is 24.5 Å². The summed E-state index contributed by atoms with van der Waals surface area (Å²) in [4.78, 5) is 44.3. The molecule has 9 heteroatoms. The topological polar surface area (TPSA) is 135 Å². The fourth-order valence-corrected chi connectivity index (χ4v) is 4.51. The number of amides is 3. The van der Waals surface area contributed by atoms with E-state index in [2.05, 4.69) is 20.9 Å². The smallest absolute Gasteiger partial charge is 0.253 e. The molecule has 3 amide bonds. The SMILES string of the molecule is CCOc1ccc(CC(NC(=O)c2cccnc2)C(=O)NC(Cc2ccccc2)C(=O)NCc2ccc(CN)cc2)cc1. The molecule has 0 bridgehead atoms. The van der Waals surface area contributed by atoms with Gasteiger partial charge in [0, 0.05) is 38.3 Å². The van der Waals surface area contributed by atoms with Gasteiger partial charge in [-0.3, -0.25) is 19.4 Å². The molecule has 0 radical (unpaired) electrons. The molecule has 43 heavy (non-hydrogen) atoms. The zero-order chi connectivity index (χ0) is 30.4. The quantitative estimate of drug-likeness (QED) is 0.181. The molecule has 0 saturated heterocycles. The summed E-state index contributed by atoms with van der Waals surface area (Å²) >= 11 is 0. The highest BCUT2D eigenvalue weighted by Gasteiger charge is 2.28. The Kier molecular flexibility index (Phi) is 11.4. The number of ether oxygens (including phenoxy) is 1. The van der Waals surface area contributed by atoms with E-state index in [4.69, 9.17) is 10.5 Å². The van der Waals surface area contributed by atoms with Gasteiger partial charge in [0.2, 0.25) is 11.8 Å². The number of rotatable bonds is 14. The number of benzene rings is 3. The van der Waals surface area contributed by atoms with Crippen molar-refractivity contribution >= 4 is 17.7 Å². The second-order valence-electron chi connectivity index (χ2n) is 10.0. The van der Waals surface area contributed by atoms with Gasteiger partial charge in [-0.2, -0.15) is 0 Å². The van der Waals surface area contributed by atoms with Gasteiger partial charge < -0.3 is 26.4 Å². The number of hydrogen-bond donors (Lipinski definition) is 4. The van der Waals surface area contributed by atoms with Crippen molar-refractivity contribution in [2.45, 2.75) is 44.9 Å². The Bertz CT molecular complexity index is 1460. The molecule has 3 aromatic carbocycles. The molecule has 4 rings (SSSR count). The highest BCUT2D eigenvalue weighted by molar-refractivity contribution is 5.98. The summed E-state index contributed by atoms with van der Waals surface area (Å²) in [6, 6.07) is 25.9. The van der Waals surface area contributed by atoms with E-state index in [9.17, 15) is 14.4 Å². The molecule has 1 aromatic heterocycles. The summed E-state index contributed by atoms with van der Waals surface area (Å²) in [6.45, 7) is 3.17. The number of nitrogens with one attached hydrogen (secondary N) is 3. The van der Waals surface area contributed by atoms with E-state index in [1.54, 1.807) is 18.3 Å². The molecule has 0 spiro atoms. The van der Waals surface area contributed by atoms with Crippen molar-refractivity contribution in [3.63, 3.8) is 0 Å². The zero-order valence-electron chi connectivity index (χ0n) is 24.2. The van der Waals surface area contributed by atoms with E-state index < -0.39 is 23.9 Å². The van der Waals surface area contributed by atoms with E-state index >= 15 is 0 Å². The Morgan fingerprint density at radius 3 is 2.00 bits per heavy atom. The van der Waals surface area contributed by atoms with Crippen molar-refractivity contribution in [2.24, 2.45) is 5.73 Å². The van der Waals surface area contributed by atoms with Gasteiger partial charge in [0.1, 0.15) is 17.8 Å². The first-order chi connectivity index (χ1) is 20.9. The lowest BCUT2D eigenvalue weighted by molar-refractivity contribution is -0.130. The van der Waals surface area contributed by atoms with E-state index in [1.165, 1.54) is 6.20 Å². The summed E-state index contributed by atoms with van der Waals surface area (Å²) in [5.74, 6) is -0.541. The van der Waals surface area contributed by atoms with Crippen LogP contribution in [0.4, 0.5) is 0 Å². The monoisotopic (exact) mass is 579 g/mol. The van der Waals surface area contributed by atoms with Gasteiger partial charge in [-0.1, -0.05) is 66.7 Å². The molecule has 0 aliphatic carbocycles. The van der Waals surface area contributed by atoms with Crippen LogP contribution in [0.1, 0.15) is 39.5 Å². The first kappa shape index (κ1) is 30.9. The highest BCUT2D eigenvalue weighted by Crippen LogP contribution is 2.14. The van der Waals surface area contributed by atoms with Crippen LogP contribution in [0.25, 0.3) is 0 Å². The number of pyridine rings is 1. The molecule has 0 aliphatic heterocycles. The Balaban J connectivity index is 1.53. The summed E-state index contributed by atoms with van der Waals surface area (Å²) < 4.78 is 5.53. The number of nitrogens with zero attached hydrogens (tertiary/aromatic N) is 1. The Labute approximate surface area is 251 Å². The number of aromatic nitrogens is 1. The van der Waals surface area contributed by atoms with Crippen molar-refractivity contribution in [2.75, 3.05) is 6.61 Å². The van der Waals surface area contributed by atoms with Crippen molar-refractivity contribution < 1.29 is 19.1 Å². The molecule has 0 aliphatic rings. The third-order valence-corrected chi connectivity index (χ3v) is 6.86. The Morgan fingerprint density at radius 2 is 1.37 bits per heavy atom. The van der Waals surface area contributed by atoms with Crippen molar-refractivity contribution in [1.29, 1.82) is 0 Å². The van der Waals surface area contributed by atoms with Gasteiger partial charge in [0.25, 0.3) is 5.91 Å². The molecule has 0 fully saturated rings. The van der Waals surface area contributed by atoms with Crippen molar-refractivity contribution in [1.82, 2.24) is 20.9 Å². The minimum absolute atomic E-state index is 0.206. The molecular weight excluding hydrogens is 542 g/mol. The lowest BCUT2D eigenvalue weighted by atomic mass is 10.0. The second kappa shape index (κ2) is 15.8. The first-order valence-corrected chi connectivity index (χ1v) is 14.3. The zero-order valence-corrected chi connectivity index (χ0v) is 24.2.